The van der Waals surface area contributed by atoms with Crippen molar-refractivity contribution in [3.8, 4) is 0 Å². The van der Waals surface area contributed by atoms with Crippen molar-refractivity contribution in [3.63, 3.8) is 0 Å². The molecule has 0 amide bonds. The van der Waals surface area contributed by atoms with Crippen LogP contribution in [0.25, 0.3) is 0 Å². The van der Waals surface area contributed by atoms with Gasteiger partial charge in [0.25, 0.3) is 0 Å². The maximum absolute atomic E-state index is 11.6. The number of aromatic carboxylic acids is 1. The van der Waals surface area contributed by atoms with Gasteiger partial charge in [0.05, 0.1) is 17.3 Å². The van der Waals surface area contributed by atoms with Gasteiger partial charge in [-0.25, -0.2) is 4.79 Å². The van der Waals surface area contributed by atoms with Crippen LogP contribution in [0, 0.1) is 5.92 Å². The topological polar surface area (TPSA) is 49.3 Å². The molecule has 116 valence electrons. The van der Waals surface area contributed by atoms with Gasteiger partial charge in [0.15, 0.2) is 0 Å². The van der Waals surface area contributed by atoms with Gasteiger partial charge in [-0.1, -0.05) is 48.0 Å². The number of anilines is 1. The fourth-order valence-electron chi connectivity index (χ4n) is 3.80. The highest BCUT2D eigenvalue weighted by Crippen LogP contribution is 2.50. The predicted octanol–water partition coefficient (Wildman–Crippen LogP) is 4.86. The van der Waals surface area contributed by atoms with Crippen molar-refractivity contribution in [2.24, 2.45) is 5.92 Å². The Labute approximate surface area is 139 Å². The van der Waals surface area contributed by atoms with Crippen LogP contribution in [0.3, 0.4) is 0 Å². The summed E-state index contributed by atoms with van der Waals surface area (Å²) in [7, 11) is 0. The summed E-state index contributed by atoms with van der Waals surface area (Å²) in [6.07, 6.45) is 5.39. The van der Waals surface area contributed by atoms with Crippen LogP contribution in [0.15, 0.2) is 54.6 Å². The van der Waals surface area contributed by atoms with E-state index < -0.39 is 5.97 Å². The fourth-order valence-corrected chi connectivity index (χ4v) is 3.93. The van der Waals surface area contributed by atoms with Crippen LogP contribution < -0.4 is 5.32 Å². The van der Waals surface area contributed by atoms with Crippen molar-refractivity contribution in [2.75, 3.05) is 5.32 Å². The molecule has 2 aromatic rings. The lowest BCUT2D eigenvalue weighted by atomic mass is 9.76. The van der Waals surface area contributed by atoms with Gasteiger partial charge in [0.2, 0.25) is 0 Å². The average molecular weight is 326 g/mol. The van der Waals surface area contributed by atoms with Crippen molar-refractivity contribution in [1.29, 1.82) is 0 Å². The van der Waals surface area contributed by atoms with Crippen LogP contribution in [-0.4, -0.2) is 11.1 Å². The van der Waals surface area contributed by atoms with E-state index in [1.54, 1.807) is 6.07 Å². The van der Waals surface area contributed by atoms with E-state index in [-0.39, 0.29) is 12.0 Å². The minimum absolute atomic E-state index is 0.0836. The molecule has 2 N–H and O–H groups in total. The number of hydrogen-bond donors (Lipinski definition) is 2. The van der Waals surface area contributed by atoms with E-state index in [2.05, 4.69) is 17.5 Å². The zero-order valence-electron chi connectivity index (χ0n) is 12.4. The second-order valence-electron chi connectivity index (χ2n) is 6.10. The molecule has 0 bridgehead atoms. The van der Waals surface area contributed by atoms with E-state index in [1.165, 1.54) is 0 Å². The third kappa shape index (κ3) is 2.32. The van der Waals surface area contributed by atoms with Crippen molar-refractivity contribution in [2.45, 2.75) is 18.4 Å². The molecule has 4 heteroatoms. The normalized spacial score (nSPS) is 24.7. The summed E-state index contributed by atoms with van der Waals surface area (Å²) in [5, 5.41) is 13.7. The predicted molar refractivity (Wildman–Crippen MR) is 91.2 cm³/mol. The van der Waals surface area contributed by atoms with Gasteiger partial charge >= 0.3 is 5.97 Å². The van der Waals surface area contributed by atoms with Gasteiger partial charge < -0.3 is 10.4 Å². The van der Waals surface area contributed by atoms with Gasteiger partial charge in [0.1, 0.15) is 0 Å². The first-order chi connectivity index (χ1) is 11.1. The summed E-state index contributed by atoms with van der Waals surface area (Å²) in [6, 6.07) is 13.4. The SMILES string of the molecule is O=C(O)c1cccc2c1N[C@H](c1ccc(Cl)cc1)[C@H]1CC=C[C@H]21. The van der Waals surface area contributed by atoms with Crippen molar-refractivity contribution >= 4 is 23.3 Å². The molecule has 3 nitrogen and oxygen atoms in total. The molecule has 4 rings (SSSR count). The highest BCUT2D eigenvalue weighted by Gasteiger charge is 2.39. The summed E-state index contributed by atoms with van der Waals surface area (Å²) in [5.74, 6) is -0.247. The summed E-state index contributed by atoms with van der Waals surface area (Å²) in [4.78, 5) is 11.6. The Hall–Kier alpha value is -2.26. The molecule has 0 saturated heterocycles. The largest absolute Gasteiger partial charge is 0.478 e. The quantitative estimate of drug-likeness (QED) is 0.775. The van der Waals surface area contributed by atoms with Crippen molar-refractivity contribution < 1.29 is 9.90 Å². The maximum atomic E-state index is 11.6. The van der Waals surface area contributed by atoms with E-state index in [4.69, 9.17) is 11.6 Å². The molecule has 0 saturated carbocycles. The molecule has 2 aliphatic rings. The highest BCUT2D eigenvalue weighted by molar-refractivity contribution is 6.30. The number of carbonyl (C=O) groups is 1. The fraction of sp³-hybridized carbons (Fsp3) is 0.211. The number of hydrogen-bond acceptors (Lipinski definition) is 2. The molecule has 1 aliphatic carbocycles. The first-order valence-corrected chi connectivity index (χ1v) is 8.08. The Morgan fingerprint density at radius 3 is 2.70 bits per heavy atom. The van der Waals surface area contributed by atoms with E-state index in [9.17, 15) is 9.90 Å². The lowest BCUT2D eigenvalue weighted by Crippen LogP contribution is -2.30. The molecule has 0 unspecified atom stereocenters. The van der Waals surface area contributed by atoms with E-state index in [1.807, 2.05) is 36.4 Å². The second kappa shape index (κ2) is 5.43. The number of carboxylic acids is 1. The molecule has 1 aliphatic heterocycles. The first kappa shape index (κ1) is 14.3. The van der Waals surface area contributed by atoms with Gasteiger partial charge in [-0.3, -0.25) is 0 Å². The molecule has 0 aromatic heterocycles. The van der Waals surface area contributed by atoms with Crippen molar-refractivity contribution in [1.82, 2.24) is 0 Å². The van der Waals surface area contributed by atoms with Crippen molar-refractivity contribution in [3.05, 3.63) is 76.3 Å². The average Bonchev–Trinajstić information content (AvgIpc) is 3.04. The van der Waals surface area contributed by atoms with Crippen LogP contribution in [-0.2, 0) is 0 Å². The third-order valence-electron chi connectivity index (χ3n) is 4.86. The summed E-state index contributed by atoms with van der Waals surface area (Å²) < 4.78 is 0. The second-order valence-corrected chi connectivity index (χ2v) is 6.54. The van der Waals surface area contributed by atoms with Crippen LogP contribution in [0.4, 0.5) is 5.69 Å². The molecular formula is C19H16ClNO2. The zero-order chi connectivity index (χ0) is 16.0. The smallest absolute Gasteiger partial charge is 0.337 e. The number of nitrogens with one attached hydrogen (secondary N) is 1. The van der Waals surface area contributed by atoms with Crippen LogP contribution in [0.1, 0.15) is 39.9 Å². The minimum atomic E-state index is -0.898. The number of fused-ring (bicyclic) bond motifs is 3. The van der Waals surface area contributed by atoms with E-state index >= 15 is 0 Å². The Morgan fingerprint density at radius 1 is 1.17 bits per heavy atom. The number of para-hydroxylation sites is 1. The maximum Gasteiger partial charge on any atom is 0.337 e. The number of rotatable bonds is 2. The van der Waals surface area contributed by atoms with Gasteiger partial charge in [-0.05, 0) is 41.7 Å². The zero-order valence-corrected chi connectivity index (χ0v) is 13.1. The number of allylic oxidation sites excluding steroid dienone is 2. The lowest BCUT2D eigenvalue weighted by molar-refractivity contribution is 0.0697. The molecule has 23 heavy (non-hydrogen) atoms. The molecule has 0 fully saturated rings. The highest BCUT2D eigenvalue weighted by atomic mass is 35.5. The first-order valence-electron chi connectivity index (χ1n) is 7.70. The van der Waals surface area contributed by atoms with E-state index in [0.717, 1.165) is 23.2 Å². The number of carboxylic acid groups (broad SMARTS) is 1. The van der Waals surface area contributed by atoms with Gasteiger partial charge in [0, 0.05) is 10.9 Å². The number of halogens is 1. The van der Waals surface area contributed by atoms with Gasteiger partial charge in [-0.15, -0.1) is 0 Å². The Kier molecular flexibility index (Phi) is 3.38. The molecule has 0 spiro atoms. The Bertz CT molecular complexity index is 798. The van der Waals surface area contributed by atoms with Crippen LogP contribution in [0.2, 0.25) is 5.02 Å². The summed E-state index contributed by atoms with van der Waals surface area (Å²) >= 11 is 6.00. The molecule has 3 atom stereocenters. The Morgan fingerprint density at radius 2 is 1.96 bits per heavy atom. The third-order valence-corrected chi connectivity index (χ3v) is 5.11. The van der Waals surface area contributed by atoms with Crippen LogP contribution >= 0.6 is 11.6 Å². The lowest BCUT2D eigenvalue weighted by Gasteiger charge is -2.38. The van der Waals surface area contributed by atoms with E-state index in [0.29, 0.717) is 16.5 Å². The van der Waals surface area contributed by atoms with Gasteiger partial charge in [-0.2, -0.15) is 0 Å². The number of benzene rings is 2. The molecule has 2 aromatic carbocycles. The standard InChI is InChI=1S/C19H16ClNO2/c20-12-9-7-11(8-10-12)17-14-4-1-3-13(14)15-5-2-6-16(19(22)23)18(15)21-17/h1-3,5-10,13-14,17,21H,4H2,(H,22,23)/t13-,14-,17+/m0/s1. The molecule has 1 heterocycles. The molecular weight excluding hydrogens is 310 g/mol. The Balaban J connectivity index is 1.83. The summed E-state index contributed by atoms with van der Waals surface area (Å²) in [6.45, 7) is 0. The monoisotopic (exact) mass is 325 g/mol. The minimum Gasteiger partial charge on any atom is -0.478 e. The molecule has 0 radical (unpaired) electrons. The van der Waals surface area contributed by atoms with Crippen LogP contribution in [0.5, 0.6) is 0 Å². The summed E-state index contributed by atoms with van der Waals surface area (Å²) in [5.41, 5.74) is 3.29.